The van der Waals surface area contributed by atoms with Crippen molar-refractivity contribution >= 4 is 33.9 Å². The van der Waals surface area contributed by atoms with E-state index in [-0.39, 0.29) is 17.3 Å². The minimum absolute atomic E-state index is 0.135. The van der Waals surface area contributed by atoms with Crippen LogP contribution >= 0.6 is 11.6 Å². The number of nitrogens with zero attached hydrogens (tertiary/aromatic N) is 2. The summed E-state index contributed by atoms with van der Waals surface area (Å²) in [4.78, 5) is 14.7. The first kappa shape index (κ1) is 11.6. The highest BCUT2D eigenvalue weighted by molar-refractivity contribution is 6.18. The molecule has 0 unspecified atom stereocenters. The van der Waals surface area contributed by atoms with Crippen LogP contribution in [0.15, 0.2) is 24.3 Å². The van der Waals surface area contributed by atoms with Gasteiger partial charge in [0.1, 0.15) is 11.4 Å². The standard InChI is InChI=1S/C11H10ClN3O2/c12-6-5-9-11(15(16)17)10(13)7-3-1-2-4-8(7)14-9/h1-4H,5-6H2,(H2,13,14). The summed E-state index contributed by atoms with van der Waals surface area (Å²) >= 11 is 5.61. The van der Waals surface area contributed by atoms with Crippen LogP contribution in [0.25, 0.3) is 10.9 Å². The molecule has 0 amide bonds. The van der Waals surface area contributed by atoms with Gasteiger partial charge < -0.3 is 5.73 Å². The van der Waals surface area contributed by atoms with Crippen LogP contribution in [-0.2, 0) is 6.42 Å². The van der Waals surface area contributed by atoms with Crippen molar-refractivity contribution in [2.45, 2.75) is 6.42 Å². The predicted octanol–water partition coefficient (Wildman–Crippen LogP) is 2.51. The first-order valence-corrected chi connectivity index (χ1v) is 5.56. The van der Waals surface area contributed by atoms with Gasteiger partial charge in [-0.1, -0.05) is 18.2 Å². The van der Waals surface area contributed by atoms with E-state index in [2.05, 4.69) is 4.98 Å². The lowest BCUT2D eigenvalue weighted by atomic mass is 10.1. The maximum absolute atomic E-state index is 11.0. The SMILES string of the molecule is Nc1c([N+](=O)[O-])c(CCCl)nc2ccccc12. The van der Waals surface area contributed by atoms with E-state index in [0.29, 0.717) is 23.0 Å². The van der Waals surface area contributed by atoms with E-state index >= 15 is 0 Å². The van der Waals surface area contributed by atoms with Crippen molar-refractivity contribution < 1.29 is 4.92 Å². The highest BCUT2D eigenvalue weighted by Crippen LogP contribution is 2.32. The number of benzene rings is 1. The Labute approximate surface area is 102 Å². The Balaban J connectivity index is 2.79. The lowest BCUT2D eigenvalue weighted by molar-refractivity contribution is -0.384. The summed E-state index contributed by atoms with van der Waals surface area (Å²) in [7, 11) is 0. The summed E-state index contributed by atoms with van der Waals surface area (Å²) in [6, 6.07) is 7.07. The molecule has 0 spiro atoms. The number of halogens is 1. The molecule has 0 atom stereocenters. The molecule has 0 bridgehead atoms. The summed E-state index contributed by atoms with van der Waals surface area (Å²) in [6.07, 6.45) is 0.326. The first-order valence-electron chi connectivity index (χ1n) is 5.02. The van der Waals surface area contributed by atoms with Crippen LogP contribution in [0.5, 0.6) is 0 Å². The second-order valence-electron chi connectivity index (χ2n) is 3.53. The molecule has 0 aliphatic heterocycles. The molecule has 0 fully saturated rings. The van der Waals surface area contributed by atoms with Gasteiger partial charge in [0, 0.05) is 17.7 Å². The van der Waals surface area contributed by atoms with Crippen molar-refractivity contribution in [2.24, 2.45) is 0 Å². The number of fused-ring (bicyclic) bond motifs is 1. The summed E-state index contributed by atoms with van der Waals surface area (Å²) in [5.41, 5.74) is 6.83. The number of anilines is 1. The van der Waals surface area contributed by atoms with Crippen molar-refractivity contribution in [2.75, 3.05) is 11.6 Å². The van der Waals surface area contributed by atoms with E-state index in [9.17, 15) is 10.1 Å². The van der Waals surface area contributed by atoms with E-state index < -0.39 is 4.92 Å². The number of nitrogen functional groups attached to an aromatic ring is 1. The molecule has 2 rings (SSSR count). The number of hydrogen-bond donors (Lipinski definition) is 1. The number of rotatable bonds is 3. The molecule has 2 N–H and O–H groups in total. The van der Waals surface area contributed by atoms with Crippen LogP contribution < -0.4 is 5.73 Å². The van der Waals surface area contributed by atoms with E-state index in [0.717, 1.165) is 0 Å². The topological polar surface area (TPSA) is 82.0 Å². The highest BCUT2D eigenvalue weighted by atomic mass is 35.5. The Kier molecular flexibility index (Phi) is 3.10. The van der Waals surface area contributed by atoms with Gasteiger partial charge in [-0.25, -0.2) is 4.98 Å². The Morgan fingerprint density at radius 3 is 2.76 bits per heavy atom. The molecule has 5 nitrogen and oxygen atoms in total. The fraction of sp³-hybridized carbons (Fsp3) is 0.182. The van der Waals surface area contributed by atoms with Crippen LogP contribution in [0.4, 0.5) is 11.4 Å². The number of pyridine rings is 1. The minimum Gasteiger partial charge on any atom is -0.393 e. The average molecular weight is 252 g/mol. The Bertz CT molecular complexity index is 586. The third kappa shape index (κ3) is 2.01. The molecule has 1 heterocycles. The number of nitrogens with two attached hydrogens (primary N) is 1. The van der Waals surface area contributed by atoms with E-state index in [1.54, 1.807) is 18.2 Å². The molecular formula is C11H10ClN3O2. The molecule has 0 saturated carbocycles. The quantitative estimate of drug-likeness (QED) is 0.516. The number of nitro groups is 1. The average Bonchev–Trinajstić information content (AvgIpc) is 2.29. The Morgan fingerprint density at radius 2 is 2.12 bits per heavy atom. The fourth-order valence-electron chi connectivity index (χ4n) is 1.75. The number of para-hydroxylation sites is 1. The van der Waals surface area contributed by atoms with Crippen LogP contribution in [-0.4, -0.2) is 15.8 Å². The Morgan fingerprint density at radius 1 is 1.41 bits per heavy atom. The van der Waals surface area contributed by atoms with Gasteiger partial charge >= 0.3 is 5.69 Å². The van der Waals surface area contributed by atoms with Gasteiger partial charge in [0.15, 0.2) is 0 Å². The molecule has 6 heteroatoms. The summed E-state index contributed by atoms with van der Waals surface area (Å²) in [5.74, 6) is 0.269. The van der Waals surface area contributed by atoms with Crippen LogP contribution in [0, 0.1) is 10.1 Å². The molecule has 88 valence electrons. The fourth-order valence-corrected chi connectivity index (χ4v) is 1.93. The van der Waals surface area contributed by atoms with Crippen molar-refractivity contribution in [1.82, 2.24) is 4.98 Å². The van der Waals surface area contributed by atoms with Gasteiger partial charge in [0.2, 0.25) is 0 Å². The van der Waals surface area contributed by atoms with Crippen molar-refractivity contribution in [3.63, 3.8) is 0 Å². The molecule has 17 heavy (non-hydrogen) atoms. The highest BCUT2D eigenvalue weighted by Gasteiger charge is 2.21. The third-order valence-electron chi connectivity index (χ3n) is 2.49. The zero-order valence-corrected chi connectivity index (χ0v) is 9.65. The van der Waals surface area contributed by atoms with Gasteiger partial charge in [-0.15, -0.1) is 11.6 Å². The van der Waals surface area contributed by atoms with Crippen LogP contribution in [0.1, 0.15) is 5.69 Å². The van der Waals surface area contributed by atoms with Gasteiger partial charge in [-0.2, -0.15) is 0 Å². The second kappa shape index (κ2) is 4.55. The Hall–Kier alpha value is -1.88. The molecule has 1 aromatic carbocycles. The van der Waals surface area contributed by atoms with Gasteiger partial charge in [0.25, 0.3) is 0 Å². The monoisotopic (exact) mass is 251 g/mol. The zero-order chi connectivity index (χ0) is 12.4. The molecule has 1 aromatic heterocycles. The van der Waals surface area contributed by atoms with Gasteiger partial charge in [-0.05, 0) is 6.07 Å². The minimum atomic E-state index is -0.503. The molecular weight excluding hydrogens is 242 g/mol. The molecule has 0 aliphatic carbocycles. The van der Waals surface area contributed by atoms with Gasteiger partial charge in [0.05, 0.1) is 10.4 Å². The van der Waals surface area contributed by atoms with E-state index in [1.807, 2.05) is 6.07 Å². The number of aromatic nitrogens is 1. The smallest absolute Gasteiger partial charge is 0.314 e. The summed E-state index contributed by atoms with van der Waals surface area (Å²) < 4.78 is 0. The third-order valence-corrected chi connectivity index (χ3v) is 2.68. The number of alkyl halides is 1. The van der Waals surface area contributed by atoms with Crippen LogP contribution in [0.2, 0.25) is 0 Å². The van der Waals surface area contributed by atoms with Crippen LogP contribution in [0.3, 0.4) is 0 Å². The zero-order valence-electron chi connectivity index (χ0n) is 8.89. The molecule has 2 aromatic rings. The molecule has 0 saturated heterocycles. The molecule has 0 radical (unpaired) electrons. The van der Waals surface area contributed by atoms with Crippen molar-refractivity contribution in [3.8, 4) is 0 Å². The summed E-state index contributed by atoms with van der Waals surface area (Å²) in [6.45, 7) is 0. The summed E-state index contributed by atoms with van der Waals surface area (Å²) in [5, 5.41) is 11.6. The second-order valence-corrected chi connectivity index (χ2v) is 3.91. The largest absolute Gasteiger partial charge is 0.393 e. The maximum atomic E-state index is 11.0. The number of aryl methyl sites for hydroxylation is 1. The van der Waals surface area contributed by atoms with Crippen molar-refractivity contribution in [1.29, 1.82) is 0 Å². The van der Waals surface area contributed by atoms with Crippen molar-refractivity contribution in [3.05, 3.63) is 40.1 Å². The lowest BCUT2D eigenvalue weighted by Gasteiger charge is -2.06. The molecule has 0 aliphatic rings. The lowest BCUT2D eigenvalue weighted by Crippen LogP contribution is -2.05. The first-order chi connectivity index (χ1) is 8.15. The number of hydrogen-bond acceptors (Lipinski definition) is 4. The van der Waals surface area contributed by atoms with E-state index in [1.165, 1.54) is 0 Å². The van der Waals surface area contributed by atoms with Gasteiger partial charge in [-0.3, -0.25) is 10.1 Å². The maximum Gasteiger partial charge on any atom is 0.314 e. The normalized spacial score (nSPS) is 10.6. The predicted molar refractivity (Wildman–Crippen MR) is 67.2 cm³/mol. The van der Waals surface area contributed by atoms with E-state index in [4.69, 9.17) is 17.3 Å².